The predicted molar refractivity (Wildman–Crippen MR) is 92.6 cm³/mol. The lowest BCUT2D eigenvalue weighted by molar-refractivity contribution is -0.249. The highest BCUT2D eigenvalue weighted by atomic mass is 16.7. The van der Waals surface area contributed by atoms with E-state index in [1.807, 2.05) is 40.7 Å². The highest BCUT2D eigenvalue weighted by Crippen LogP contribution is 2.34. The van der Waals surface area contributed by atoms with Crippen molar-refractivity contribution in [2.75, 3.05) is 37.1 Å². The number of aromatic nitrogens is 1. The van der Waals surface area contributed by atoms with Crippen LogP contribution in [-0.2, 0) is 14.3 Å². The van der Waals surface area contributed by atoms with Crippen molar-refractivity contribution in [1.82, 2.24) is 4.98 Å². The largest absolute Gasteiger partial charge is 0.481 e. The fourth-order valence-corrected chi connectivity index (χ4v) is 2.69. The van der Waals surface area contributed by atoms with E-state index in [-0.39, 0.29) is 18.5 Å². The van der Waals surface area contributed by atoms with Gasteiger partial charge in [-0.15, -0.1) is 0 Å². The molecule has 24 heavy (non-hydrogen) atoms. The zero-order valence-corrected chi connectivity index (χ0v) is 15.3. The molecular formula is C17H27N3O4. The van der Waals surface area contributed by atoms with Crippen LogP contribution in [0, 0.1) is 6.92 Å². The molecule has 0 aliphatic carbocycles. The van der Waals surface area contributed by atoms with E-state index < -0.39 is 5.79 Å². The second-order valence-electron chi connectivity index (χ2n) is 5.98. The molecule has 1 fully saturated rings. The number of anilines is 2. The molecule has 0 unspecified atom stereocenters. The summed E-state index contributed by atoms with van der Waals surface area (Å²) in [5.74, 6) is 0.408. The van der Waals surface area contributed by atoms with E-state index in [4.69, 9.17) is 14.2 Å². The van der Waals surface area contributed by atoms with Crippen molar-refractivity contribution >= 4 is 17.4 Å². The van der Waals surface area contributed by atoms with Crippen LogP contribution in [-0.4, -0.2) is 49.6 Å². The zero-order valence-electron chi connectivity index (χ0n) is 15.3. The van der Waals surface area contributed by atoms with Gasteiger partial charge in [0.15, 0.2) is 11.6 Å². The van der Waals surface area contributed by atoms with E-state index in [1.54, 1.807) is 12.0 Å². The maximum atomic E-state index is 12.4. The Morgan fingerprint density at radius 1 is 1.33 bits per heavy atom. The molecule has 7 nitrogen and oxygen atoms in total. The van der Waals surface area contributed by atoms with Crippen molar-refractivity contribution in [1.29, 1.82) is 0 Å². The highest BCUT2D eigenvalue weighted by molar-refractivity contribution is 6.02. The number of ether oxygens (including phenoxy) is 3. The number of carbonyl (C=O) groups is 1. The fraction of sp³-hybridized carbons (Fsp3) is 0.647. The Bertz CT molecular complexity index is 594. The first-order valence-corrected chi connectivity index (χ1v) is 8.31. The summed E-state index contributed by atoms with van der Waals surface area (Å²) in [5.41, 5.74) is 1.74. The Morgan fingerprint density at radius 2 is 1.96 bits per heavy atom. The van der Waals surface area contributed by atoms with Gasteiger partial charge in [-0.25, -0.2) is 0 Å². The zero-order chi connectivity index (χ0) is 17.9. The smallest absolute Gasteiger partial charge is 0.247 e. The van der Waals surface area contributed by atoms with Gasteiger partial charge in [0.05, 0.1) is 38.6 Å². The molecule has 1 aromatic rings. The number of hydrogen-bond acceptors (Lipinski definition) is 6. The summed E-state index contributed by atoms with van der Waals surface area (Å²) >= 11 is 0. The number of rotatable bonds is 2. The summed E-state index contributed by atoms with van der Waals surface area (Å²) in [6.45, 7) is 10.7. The molecule has 3 heterocycles. The molecule has 0 atom stereocenters. The molecule has 2 aliphatic rings. The molecule has 1 aromatic heterocycles. The summed E-state index contributed by atoms with van der Waals surface area (Å²) in [5, 5.41) is 3.10. The van der Waals surface area contributed by atoms with Crippen molar-refractivity contribution in [3.63, 3.8) is 0 Å². The molecular weight excluding hydrogens is 310 g/mol. The SMILES string of the molecule is CC.COc1nc2c(cc1C)NCC(=O)N2C1COC(C)(C)OC1. The maximum Gasteiger partial charge on any atom is 0.247 e. The number of amides is 1. The number of fused-ring (bicyclic) bond motifs is 1. The van der Waals surface area contributed by atoms with Crippen LogP contribution in [0.25, 0.3) is 0 Å². The predicted octanol–water partition coefficient (Wildman–Crippen LogP) is 2.33. The van der Waals surface area contributed by atoms with Gasteiger partial charge in [-0.2, -0.15) is 4.98 Å². The van der Waals surface area contributed by atoms with E-state index in [1.165, 1.54) is 0 Å². The van der Waals surface area contributed by atoms with Gasteiger partial charge in [0.1, 0.15) is 0 Å². The van der Waals surface area contributed by atoms with Crippen molar-refractivity contribution in [3.05, 3.63) is 11.6 Å². The van der Waals surface area contributed by atoms with Crippen molar-refractivity contribution in [2.45, 2.75) is 46.4 Å². The summed E-state index contributed by atoms with van der Waals surface area (Å²) in [7, 11) is 1.57. The molecule has 3 rings (SSSR count). The van der Waals surface area contributed by atoms with Gasteiger partial charge in [-0.1, -0.05) is 13.8 Å². The van der Waals surface area contributed by atoms with Crippen molar-refractivity contribution in [2.24, 2.45) is 0 Å². The quantitative estimate of drug-likeness (QED) is 0.893. The van der Waals surface area contributed by atoms with Gasteiger partial charge in [-0.05, 0) is 26.8 Å². The third-order valence-electron chi connectivity index (χ3n) is 3.88. The molecule has 0 bridgehead atoms. The maximum absolute atomic E-state index is 12.4. The normalized spacial score (nSPS) is 19.8. The minimum absolute atomic E-state index is 0.0530. The lowest BCUT2D eigenvalue weighted by Gasteiger charge is -2.41. The second kappa shape index (κ2) is 7.36. The Labute approximate surface area is 143 Å². The number of carbonyl (C=O) groups excluding carboxylic acids is 1. The van der Waals surface area contributed by atoms with Crippen LogP contribution in [0.15, 0.2) is 6.07 Å². The number of aryl methyl sites for hydroxylation is 1. The Hall–Kier alpha value is -1.86. The third kappa shape index (κ3) is 3.62. The molecule has 1 saturated heterocycles. The van der Waals surface area contributed by atoms with Gasteiger partial charge in [0.2, 0.25) is 11.8 Å². The molecule has 0 aromatic carbocycles. The van der Waals surface area contributed by atoms with Gasteiger partial charge < -0.3 is 19.5 Å². The average molecular weight is 337 g/mol. The molecule has 2 aliphatic heterocycles. The molecule has 1 amide bonds. The Kier molecular flexibility index (Phi) is 5.66. The van der Waals surface area contributed by atoms with E-state index in [2.05, 4.69) is 10.3 Å². The van der Waals surface area contributed by atoms with Crippen LogP contribution in [0.3, 0.4) is 0 Å². The molecule has 0 spiro atoms. The topological polar surface area (TPSA) is 72.9 Å². The standard InChI is InChI=1S/C15H21N3O4.C2H6/c1-9-5-11-13(17-14(9)20-4)18(12(19)6-16-11)10-7-21-15(2,3)22-8-10;1-2/h5,10,16H,6-8H2,1-4H3;1-2H3. The van der Waals surface area contributed by atoms with Gasteiger partial charge in [-0.3, -0.25) is 9.69 Å². The average Bonchev–Trinajstić information content (AvgIpc) is 2.57. The van der Waals surface area contributed by atoms with Gasteiger partial charge in [0.25, 0.3) is 0 Å². The molecule has 1 N–H and O–H groups in total. The van der Waals surface area contributed by atoms with E-state index >= 15 is 0 Å². The number of pyridine rings is 1. The molecule has 0 saturated carbocycles. The number of methoxy groups -OCH3 is 1. The van der Waals surface area contributed by atoms with Gasteiger partial charge in [0, 0.05) is 5.56 Å². The van der Waals surface area contributed by atoms with Crippen LogP contribution in [0.2, 0.25) is 0 Å². The van der Waals surface area contributed by atoms with Gasteiger partial charge >= 0.3 is 0 Å². The van der Waals surface area contributed by atoms with Crippen LogP contribution < -0.4 is 15.0 Å². The van der Waals surface area contributed by atoms with E-state index in [0.717, 1.165) is 11.3 Å². The number of nitrogens with zero attached hydrogens (tertiary/aromatic N) is 2. The summed E-state index contributed by atoms with van der Waals surface area (Å²) in [6, 6.07) is 1.75. The lowest BCUT2D eigenvalue weighted by Crippen LogP contribution is -2.55. The molecule has 7 heteroatoms. The first kappa shape index (κ1) is 18.5. The molecule has 0 radical (unpaired) electrons. The van der Waals surface area contributed by atoms with E-state index in [9.17, 15) is 4.79 Å². The van der Waals surface area contributed by atoms with Crippen molar-refractivity contribution in [3.8, 4) is 5.88 Å². The van der Waals surface area contributed by atoms with Crippen molar-refractivity contribution < 1.29 is 19.0 Å². The Balaban J connectivity index is 0.00000100. The first-order valence-electron chi connectivity index (χ1n) is 8.31. The summed E-state index contributed by atoms with van der Waals surface area (Å²) in [6.07, 6.45) is 0. The lowest BCUT2D eigenvalue weighted by atomic mass is 10.1. The minimum atomic E-state index is -0.616. The summed E-state index contributed by atoms with van der Waals surface area (Å²) < 4.78 is 16.6. The van der Waals surface area contributed by atoms with Crippen LogP contribution in [0.4, 0.5) is 11.5 Å². The fourth-order valence-electron chi connectivity index (χ4n) is 2.69. The van der Waals surface area contributed by atoms with E-state index in [0.29, 0.717) is 24.9 Å². The number of hydrogen-bond donors (Lipinski definition) is 1. The first-order chi connectivity index (χ1) is 11.4. The van der Waals surface area contributed by atoms with Crippen LogP contribution in [0.1, 0.15) is 33.3 Å². The summed E-state index contributed by atoms with van der Waals surface area (Å²) in [4.78, 5) is 18.5. The molecule has 134 valence electrons. The van der Waals surface area contributed by atoms with Crippen LogP contribution >= 0.6 is 0 Å². The monoisotopic (exact) mass is 337 g/mol. The minimum Gasteiger partial charge on any atom is -0.481 e. The highest BCUT2D eigenvalue weighted by Gasteiger charge is 2.38. The number of nitrogens with one attached hydrogen (secondary N) is 1. The third-order valence-corrected chi connectivity index (χ3v) is 3.88. The Morgan fingerprint density at radius 3 is 2.54 bits per heavy atom. The second-order valence-corrected chi connectivity index (χ2v) is 5.98. The van der Waals surface area contributed by atoms with Crippen LogP contribution in [0.5, 0.6) is 5.88 Å².